The van der Waals surface area contributed by atoms with E-state index < -0.39 is 11.9 Å². The summed E-state index contributed by atoms with van der Waals surface area (Å²) in [5.41, 5.74) is 11.9. The Morgan fingerprint density at radius 2 is 2.07 bits per heavy atom. The monoisotopic (exact) mass is 234 g/mol. The van der Waals surface area contributed by atoms with E-state index in [0.29, 0.717) is 24.1 Å². The molecule has 1 aromatic carbocycles. The first-order valence-corrected chi connectivity index (χ1v) is 4.51. The normalized spacial score (nSPS) is 12.0. The molecule has 0 aromatic heterocycles. The molecule has 1 atom stereocenters. The number of phenolic OH excluding ortho intramolecular Hbond substituents is 1. The highest BCUT2D eigenvalue weighted by atomic mass is 35.5. The topological polar surface area (TPSA) is 72.3 Å². The third-order valence-corrected chi connectivity index (χ3v) is 2.22. The molecule has 5 N–H and O–H groups in total. The Morgan fingerprint density at radius 1 is 1.47 bits per heavy atom. The molecule has 0 heterocycles. The zero-order chi connectivity index (χ0) is 10.7. The molecule has 1 rings (SSSR count). The first-order chi connectivity index (χ1) is 6.57. The maximum absolute atomic E-state index is 13.3. The molecule has 0 bridgehead atoms. The predicted molar refractivity (Wildman–Crippen MR) is 60.6 cm³/mol. The van der Waals surface area contributed by atoms with Gasteiger partial charge in [-0.25, -0.2) is 4.39 Å². The number of phenols is 1. The Balaban J connectivity index is 0.00000196. The molecular formula is C10H16ClFN2O. The molecule has 15 heavy (non-hydrogen) atoms. The van der Waals surface area contributed by atoms with Gasteiger partial charge in [0.05, 0.1) is 0 Å². The summed E-state index contributed by atoms with van der Waals surface area (Å²) in [6, 6.07) is 2.82. The smallest absolute Gasteiger partial charge is 0.168 e. The maximum Gasteiger partial charge on any atom is 0.168 e. The van der Waals surface area contributed by atoms with Crippen LogP contribution in [0.5, 0.6) is 5.75 Å². The van der Waals surface area contributed by atoms with Gasteiger partial charge in [0, 0.05) is 11.6 Å². The van der Waals surface area contributed by atoms with Crippen molar-refractivity contribution in [3.05, 3.63) is 29.1 Å². The number of hydrogen-bond donors (Lipinski definition) is 3. The summed E-state index contributed by atoms with van der Waals surface area (Å²) in [5.74, 6) is -0.957. The van der Waals surface area contributed by atoms with E-state index in [-0.39, 0.29) is 18.2 Å². The SMILES string of the molecule is Cc1ccc([C@@H](N)CCN)c(O)c1F.Cl. The van der Waals surface area contributed by atoms with Crippen LogP contribution in [0.4, 0.5) is 4.39 Å². The largest absolute Gasteiger partial charge is 0.505 e. The average Bonchev–Trinajstić information content (AvgIpc) is 2.15. The van der Waals surface area contributed by atoms with E-state index in [2.05, 4.69) is 0 Å². The van der Waals surface area contributed by atoms with E-state index >= 15 is 0 Å². The molecule has 0 radical (unpaired) electrons. The highest BCUT2D eigenvalue weighted by molar-refractivity contribution is 5.85. The lowest BCUT2D eigenvalue weighted by atomic mass is 10.0. The van der Waals surface area contributed by atoms with Gasteiger partial charge in [-0.15, -0.1) is 12.4 Å². The number of rotatable bonds is 3. The molecule has 0 spiro atoms. The first kappa shape index (κ1) is 14.2. The highest BCUT2D eigenvalue weighted by Gasteiger charge is 2.14. The molecule has 0 aliphatic heterocycles. The van der Waals surface area contributed by atoms with Crippen molar-refractivity contribution in [3.8, 4) is 5.75 Å². The molecule has 1 aromatic rings. The van der Waals surface area contributed by atoms with Crippen molar-refractivity contribution >= 4 is 12.4 Å². The lowest BCUT2D eigenvalue weighted by Crippen LogP contribution is -2.15. The summed E-state index contributed by atoms with van der Waals surface area (Å²) in [6.07, 6.45) is 0.524. The fourth-order valence-electron chi connectivity index (χ4n) is 1.31. The predicted octanol–water partition coefficient (Wildman–Crippen LogP) is 1.61. The number of aromatic hydroxyl groups is 1. The summed E-state index contributed by atoms with van der Waals surface area (Å²) >= 11 is 0. The quantitative estimate of drug-likeness (QED) is 0.744. The Morgan fingerprint density at radius 3 is 2.60 bits per heavy atom. The van der Waals surface area contributed by atoms with Gasteiger partial charge in [-0.1, -0.05) is 12.1 Å². The standard InChI is InChI=1S/C10H15FN2O.ClH/c1-6-2-3-7(8(13)4-5-12)10(14)9(6)11;/h2-3,8,14H,4-5,12-13H2,1H3;1H/t8-;/m0./s1. The summed E-state index contributed by atoms with van der Waals surface area (Å²) in [4.78, 5) is 0. The van der Waals surface area contributed by atoms with Crippen molar-refractivity contribution in [3.63, 3.8) is 0 Å². The van der Waals surface area contributed by atoms with Crippen LogP contribution in [0.3, 0.4) is 0 Å². The molecule has 0 amide bonds. The minimum Gasteiger partial charge on any atom is -0.505 e. The van der Waals surface area contributed by atoms with Crippen LogP contribution in [-0.4, -0.2) is 11.7 Å². The highest BCUT2D eigenvalue weighted by Crippen LogP contribution is 2.28. The van der Waals surface area contributed by atoms with Gasteiger partial charge in [-0.3, -0.25) is 0 Å². The first-order valence-electron chi connectivity index (χ1n) is 4.51. The van der Waals surface area contributed by atoms with Gasteiger partial charge < -0.3 is 16.6 Å². The third kappa shape index (κ3) is 3.06. The summed E-state index contributed by atoms with van der Waals surface area (Å²) < 4.78 is 13.3. The second-order valence-electron chi connectivity index (χ2n) is 3.32. The minimum absolute atomic E-state index is 0. The lowest BCUT2D eigenvalue weighted by Gasteiger charge is -2.13. The van der Waals surface area contributed by atoms with E-state index in [9.17, 15) is 9.50 Å². The second kappa shape index (κ2) is 5.90. The Kier molecular flexibility index (Phi) is 5.57. The molecule has 0 aliphatic carbocycles. The molecule has 3 nitrogen and oxygen atoms in total. The fraction of sp³-hybridized carbons (Fsp3) is 0.400. The number of halogens is 2. The van der Waals surface area contributed by atoms with Gasteiger partial charge in [-0.05, 0) is 25.5 Å². The molecule has 0 aliphatic rings. The van der Waals surface area contributed by atoms with Gasteiger partial charge in [0.1, 0.15) is 0 Å². The van der Waals surface area contributed by atoms with Crippen LogP contribution in [0.15, 0.2) is 12.1 Å². The Bertz CT molecular complexity index is 333. The van der Waals surface area contributed by atoms with Crippen LogP contribution in [0.25, 0.3) is 0 Å². The van der Waals surface area contributed by atoms with Crippen LogP contribution < -0.4 is 11.5 Å². The van der Waals surface area contributed by atoms with Crippen molar-refractivity contribution in [2.24, 2.45) is 11.5 Å². The van der Waals surface area contributed by atoms with Gasteiger partial charge in [0.2, 0.25) is 0 Å². The molecular weight excluding hydrogens is 219 g/mol. The van der Waals surface area contributed by atoms with Crippen molar-refractivity contribution in [1.29, 1.82) is 0 Å². The molecule has 0 fully saturated rings. The molecule has 0 saturated heterocycles. The number of nitrogens with two attached hydrogens (primary N) is 2. The number of aryl methyl sites for hydroxylation is 1. The van der Waals surface area contributed by atoms with E-state index in [0.717, 1.165) is 0 Å². The molecule has 0 unspecified atom stereocenters. The zero-order valence-corrected chi connectivity index (χ0v) is 9.35. The van der Waals surface area contributed by atoms with Crippen LogP contribution >= 0.6 is 12.4 Å². The van der Waals surface area contributed by atoms with Crippen LogP contribution in [0.1, 0.15) is 23.6 Å². The summed E-state index contributed by atoms with van der Waals surface area (Å²) in [7, 11) is 0. The van der Waals surface area contributed by atoms with E-state index in [1.54, 1.807) is 19.1 Å². The second-order valence-corrected chi connectivity index (χ2v) is 3.32. The average molecular weight is 235 g/mol. The van der Waals surface area contributed by atoms with E-state index in [1.165, 1.54) is 0 Å². The van der Waals surface area contributed by atoms with Crippen molar-refractivity contribution in [1.82, 2.24) is 0 Å². The van der Waals surface area contributed by atoms with Crippen LogP contribution in [-0.2, 0) is 0 Å². The van der Waals surface area contributed by atoms with Crippen molar-refractivity contribution in [2.75, 3.05) is 6.54 Å². The maximum atomic E-state index is 13.3. The van der Waals surface area contributed by atoms with Gasteiger partial charge in [0.25, 0.3) is 0 Å². The van der Waals surface area contributed by atoms with E-state index in [4.69, 9.17) is 11.5 Å². The third-order valence-electron chi connectivity index (χ3n) is 2.22. The van der Waals surface area contributed by atoms with Crippen LogP contribution in [0, 0.1) is 12.7 Å². The number of hydrogen-bond acceptors (Lipinski definition) is 3. The number of benzene rings is 1. The van der Waals surface area contributed by atoms with Gasteiger partial charge in [0.15, 0.2) is 11.6 Å². The summed E-state index contributed by atoms with van der Waals surface area (Å²) in [6.45, 7) is 2.00. The molecule has 5 heteroatoms. The lowest BCUT2D eigenvalue weighted by molar-refractivity contribution is 0.417. The summed E-state index contributed by atoms with van der Waals surface area (Å²) in [5, 5.41) is 9.48. The molecule has 0 saturated carbocycles. The molecule has 86 valence electrons. The minimum atomic E-state index is -0.602. The van der Waals surface area contributed by atoms with E-state index in [1.807, 2.05) is 0 Å². The van der Waals surface area contributed by atoms with Crippen molar-refractivity contribution in [2.45, 2.75) is 19.4 Å². The fourth-order valence-corrected chi connectivity index (χ4v) is 1.31. The van der Waals surface area contributed by atoms with Gasteiger partial charge >= 0.3 is 0 Å². The van der Waals surface area contributed by atoms with Gasteiger partial charge in [-0.2, -0.15) is 0 Å². The Labute approximate surface area is 94.7 Å². The Hall–Kier alpha value is -0.840. The zero-order valence-electron chi connectivity index (χ0n) is 8.53. The van der Waals surface area contributed by atoms with Crippen molar-refractivity contribution < 1.29 is 9.50 Å². The van der Waals surface area contributed by atoms with Crippen LogP contribution in [0.2, 0.25) is 0 Å².